The fraction of sp³-hybridized carbons (Fsp3) is 0.160. The maximum absolute atomic E-state index is 12.6. The molecule has 0 saturated heterocycles. The maximum atomic E-state index is 12.6. The summed E-state index contributed by atoms with van der Waals surface area (Å²) in [6, 6.07) is 22.3. The Morgan fingerprint density at radius 1 is 0.939 bits per heavy atom. The second-order valence-corrected chi connectivity index (χ2v) is 7.16. The smallest absolute Gasteiger partial charge is 0.251 e. The number of carbonyl (C=O) groups is 1. The first-order chi connectivity index (χ1) is 16.2. The van der Waals surface area contributed by atoms with E-state index in [1.807, 2.05) is 54.6 Å². The molecule has 1 heterocycles. The normalized spacial score (nSPS) is 10.5. The lowest BCUT2D eigenvalue weighted by atomic mass is 10.2. The van der Waals surface area contributed by atoms with Crippen molar-refractivity contribution < 1.29 is 19.0 Å². The van der Waals surface area contributed by atoms with E-state index in [1.165, 1.54) is 0 Å². The average molecular weight is 444 g/mol. The third-order valence-corrected chi connectivity index (χ3v) is 4.96. The lowest BCUT2D eigenvalue weighted by Crippen LogP contribution is -2.23. The minimum Gasteiger partial charge on any atom is -0.497 e. The highest BCUT2D eigenvalue weighted by Crippen LogP contribution is 2.29. The van der Waals surface area contributed by atoms with Gasteiger partial charge in [-0.25, -0.2) is 4.98 Å². The van der Waals surface area contributed by atoms with Crippen molar-refractivity contribution in [2.75, 3.05) is 14.2 Å². The summed E-state index contributed by atoms with van der Waals surface area (Å²) in [5.74, 6) is 2.64. The van der Waals surface area contributed by atoms with Crippen molar-refractivity contribution >= 4 is 5.91 Å². The van der Waals surface area contributed by atoms with Crippen LogP contribution < -0.4 is 19.5 Å². The molecule has 1 amide bonds. The van der Waals surface area contributed by atoms with E-state index < -0.39 is 0 Å². The molecule has 168 valence electrons. The third-order valence-electron chi connectivity index (χ3n) is 4.96. The summed E-state index contributed by atoms with van der Waals surface area (Å²) in [6.07, 6.45) is 0. The van der Waals surface area contributed by atoms with Gasteiger partial charge in [-0.1, -0.05) is 30.3 Å². The molecule has 8 heteroatoms. The standard InChI is InChI=1S/C25H24N4O4/c1-31-20-11-8-18(9-12-20)24-27-23(28-29-24)15-26-25(30)19-10-13-21(22(14-19)32-2)33-16-17-6-4-3-5-7-17/h3-14H,15-16H2,1-2H3,(H,26,30)(H,27,28,29). The Bertz CT molecular complexity index is 1210. The molecule has 0 fully saturated rings. The van der Waals surface area contributed by atoms with Gasteiger partial charge in [0.15, 0.2) is 17.3 Å². The van der Waals surface area contributed by atoms with Gasteiger partial charge in [0.25, 0.3) is 5.91 Å². The largest absolute Gasteiger partial charge is 0.497 e. The lowest BCUT2D eigenvalue weighted by Gasteiger charge is -2.12. The van der Waals surface area contributed by atoms with Crippen molar-refractivity contribution in [3.8, 4) is 28.6 Å². The first-order valence-electron chi connectivity index (χ1n) is 10.3. The zero-order valence-electron chi connectivity index (χ0n) is 18.4. The topological polar surface area (TPSA) is 98.4 Å². The van der Waals surface area contributed by atoms with Crippen molar-refractivity contribution in [1.82, 2.24) is 20.5 Å². The van der Waals surface area contributed by atoms with Crippen molar-refractivity contribution in [1.29, 1.82) is 0 Å². The quantitative estimate of drug-likeness (QED) is 0.405. The highest BCUT2D eigenvalue weighted by atomic mass is 16.5. The SMILES string of the molecule is COc1ccc(-c2n[nH]c(CNC(=O)c3ccc(OCc4ccccc4)c(OC)c3)n2)cc1. The average Bonchev–Trinajstić information content (AvgIpc) is 3.35. The molecule has 0 atom stereocenters. The Morgan fingerprint density at radius 2 is 1.73 bits per heavy atom. The number of carbonyl (C=O) groups excluding carboxylic acids is 1. The van der Waals surface area contributed by atoms with Crippen molar-refractivity contribution in [2.45, 2.75) is 13.2 Å². The molecule has 0 unspecified atom stereocenters. The lowest BCUT2D eigenvalue weighted by molar-refractivity contribution is 0.0949. The number of hydrogen-bond donors (Lipinski definition) is 2. The molecule has 8 nitrogen and oxygen atoms in total. The molecule has 1 aromatic heterocycles. The van der Waals surface area contributed by atoms with Crippen LogP contribution >= 0.6 is 0 Å². The van der Waals surface area contributed by atoms with Gasteiger partial charge in [-0.05, 0) is 48.0 Å². The summed E-state index contributed by atoms with van der Waals surface area (Å²) in [6.45, 7) is 0.612. The van der Waals surface area contributed by atoms with E-state index in [-0.39, 0.29) is 12.5 Å². The highest BCUT2D eigenvalue weighted by molar-refractivity contribution is 5.94. The Morgan fingerprint density at radius 3 is 2.45 bits per heavy atom. The number of aromatic nitrogens is 3. The van der Waals surface area contributed by atoms with E-state index in [2.05, 4.69) is 20.5 Å². The van der Waals surface area contributed by atoms with E-state index in [9.17, 15) is 4.79 Å². The summed E-state index contributed by atoms with van der Waals surface area (Å²) < 4.78 is 16.4. The van der Waals surface area contributed by atoms with Crippen LogP contribution in [0.4, 0.5) is 0 Å². The summed E-state index contributed by atoms with van der Waals surface area (Å²) in [4.78, 5) is 17.1. The van der Waals surface area contributed by atoms with E-state index in [0.717, 1.165) is 16.9 Å². The number of methoxy groups -OCH3 is 2. The Labute approximate surface area is 191 Å². The Hall–Kier alpha value is -4.33. The molecule has 3 aromatic carbocycles. The van der Waals surface area contributed by atoms with Crippen LogP contribution in [-0.2, 0) is 13.2 Å². The van der Waals surface area contributed by atoms with Gasteiger partial charge in [-0.3, -0.25) is 9.89 Å². The molecule has 0 radical (unpaired) electrons. The molecule has 0 saturated carbocycles. The predicted molar refractivity (Wildman–Crippen MR) is 123 cm³/mol. The number of benzene rings is 3. The molecule has 33 heavy (non-hydrogen) atoms. The number of H-pyrrole nitrogens is 1. The summed E-state index contributed by atoms with van der Waals surface area (Å²) in [5.41, 5.74) is 2.34. The van der Waals surface area contributed by atoms with Crippen LogP contribution in [0.2, 0.25) is 0 Å². The first kappa shape index (κ1) is 21.9. The minimum atomic E-state index is -0.259. The Balaban J connectivity index is 1.36. The molecule has 0 aliphatic rings. The van der Waals surface area contributed by atoms with Gasteiger partial charge < -0.3 is 19.5 Å². The molecule has 4 rings (SSSR count). The molecule has 0 aliphatic heterocycles. The van der Waals surface area contributed by atoms with Crippen LogP contribution in [0.3, 0.4) is 0 Å². The van der Waals surface area contributed by atoms with Crippen LogP contribution in [-0.4, -0.2) is 35.3 Å². The highest BCUT2D eigenvalue weighted by Gasteiger charge is 2.13. The molecule has 2 N–H and O–H groups in total. The molecule has 0 spiro atoms. The van der Waals surface area contributed by atoms with E-state index in [0.29, 0.717) is 35.3 Å². The fourth-order valence-corrected chi connectivity index (χ4v) is 3.17. The van der Waals surface area contributed by atoms with Gasteiger partial charge in [-0.2, -0.15) is 5.10 Å². The van der Waals surface area contributed by atoms with E-state index in [1.54, 1.807) is 32.4 Å². The molecule has 4 aromatic rings. The molecule has 0 bridgehead atoms. The predicted octanol–water partition coefficient (Wildman–Crippen LogP) is 4.00. The van der Waals surface area contributed by atoms with Crippen LogP contribution in [0.25, 0.3) is 11.4 Å². The number of ether oxygens (including phenoxy) is 3. The van der Waals surface area contributed by atoms with Gasteiger partial charge in [0, 0.05) is 11.1 Å². The molecular weight excluding hydrogens is 420 g/mol. The number of rotatable bonds is 9. The summed E-state index contributed by atoms with van der Waals surface area (Å²) >= 11 is 0. The van der Waals surface area contributed by atoms with Gasteiger partial charge >= 0.3 is 0 Å². The van der Waals surface area contributed by atoms with Crippen molar-refractivity contribution in [3.05, 3.63) is 89.7 Å². The monoisotopic (exact) mass is 444 g/mol. The van der Waals surface area contributed by atoms with Gasteiger partial charge in [0.05, 0.1) is 20.8 Å². The van der Waals surface area contributed by atoms with Crippen LogP contribution in [0, 0.1) is 0 Å². The van der Waals surface area contributed by atoms with Crippen LogP contribution in [0.5, 0.6) is 17.2 Å². The number of nitrogens with one attached hydrogen (secondary N) is 2. The zero-order chi connectivity index (χ0) is 23.0. The maximum Gasteiger partial charge on any atom is 0.251 e. The van der Waals surface area contributed by atoms with Gasteiger partial charge in [0.2, 0.25) is 0 Å². The van der Waals surface area contributed by atoms with Crippen LogP contribution in [0.15, 0.2) is 72.8 Å². The summed E-state index contributed by atoms with van der Waals surface area (Å²) in [7, 11) is 3.16. The minimum absolute atomic E-state index is 0.205. The number of aromatic amines is 1. The second kappa shape index (κ2) is 10.3. The molecular formula is C25H24N4O4. The fourth-order valence-electron chi connectivity index (χ4n) is 3.17. The number of amides is 1. The van der Waals surface area contributed by atoms with E-state index in [4.69, 9.17) is 14.2 Å². The second-order valence-electron chi connectivity index (χ2n) is 7.16. The van der Waals surface area contributed by atoms with E-state index >= 15 is 0 Å². The van der Waals surface area contributed by atoms with Crippen LogP contribution in [0.1, 0.15) is 21.7 Å². The zero-order valence-corrected chi connectivity index (χ0v) is 18.4. The number of hydrogen-bond acceptors (Lipinski definition) is 6. The van der Waals surface area contributed by atoms with Crippen molar-refractivity contribution in [3.63, 3.8) is 0 Å². The van der Waals surface area contributed by atoms with Gasteiger partial charge in [0.1, 0.15) is 18.2 Å². The first-order valence-corrected chi connectivity index (χ1v) is 10.3. The third kappa shape index (κ3) is 5.48. The van der Waals surface area contributed by atoms with Crippen molar-refractivity contribution in [2.24, 2.45) is 0 Å². The summed E-state index contributed by atoms with van der Waals surface area (Å²) in [5, 5.41) is 9.90. The molecule has 0 aliphatic carbocycles. The number of nitrogens with zero attached hydrogens (tertiary/aromatic N) is 2. The van der Waals surface area contributed by atoms with Gasteiger partial charge in [-0.15, -0.1) is 0 Å². The Kier molecular flexibility index (Phi) is 6.84.